The van der Waals surface area contributed by atoms with Gasteiger partial charge < -0.3 is 15.7 Å². The first-order valence-corrected chi connectivity index (χ1v) is 9.36. The molecule has 1 saturated carbocycles. The van der Waals surface area contributed by atoms with Crippen LogP contribution in [0.4, 0.5) is 18.9 Å². The molecular formula is C21H23F3N2O. The number of anilines is 1. The minimum Gasteiger partial charge on any atom is -0.395 e. The summed E-state index contributed by atoms with van der Waals surface area (Å²) < 4.78 is 39.8. The van der Waals surface area contributed by atoms with Gasteiger partial charge in [0.05, 0.1) is 18.2 Å². The molecule has 0 bridgehead atoms. The van der Waals surface area contributed by atoms with Crippen LogP contribution in [0.1, 0.15) is 41.5 Å². The van der Waals surface area contributed by atoms with E-state index in [4.69, 9.17) is 0 Å². The molecule has 6 heteroatoms. The molecule has 2 aliphatic rings. The number of halogens is 3. The topological polar surface area (TPSA) is 44.3 Å². The Balaban J connectivity index is 1.76. The number of hydrogen-bond donors (Lipinski definition) is 3. The summed E-state index contributed by atoms with van der Waals surface area (Å²) >= 11 is 0. The maximum absolute atomic E-state index is 13.3. The van der Waals surface area contributed by atoms with Gasteiger partial charge in [-0.2, -0.15) is 13.2 Å². The van der Waals surface area contributed by atoms with Crippen molar-refractivity contribution in [2.45, 2.75) is 37.0 Å². The number of aliphatic hydroxyl groups excluding tert-OH is 1. The van der Waals surface area contributed by atoms with E-state index in [1.807, 2.05) is 18.2 Å². The van der Waals surface area contributed by atoms with Crippen molar-refractivity contribution in [3.63, 3.8) is 0 Å². The molecule has 1 fully saturated rings. The fraction of sp³-hybridized carbons (Fsp3) is 0.429. The van der Waals surface area contributed by atoms with Gasteiger partial charge in [0.2, 0.25) is 0 Å². The molecule has 1 heterocycles. The normalized spacial score (nSPS) is 27.0. The molecule has 3 N–H and O–H groups in total. The van der Waals surface area contributed by atoms with E-state index >= 15 is 0 Å². The van der Waals surface area contributed by atoms with Crippen molar-refractivity contribution in [2.24, 2.45) is 5.92 Å². The molecule has 2 aromatic carbocycles. The fourth-order valence-electron chi connectivity index (χ4n) is 4.74. The number of hydrogen-bond acceptors (Lipinski definition) is 3. The predicted octanol–water partition coefficient (Wildman–Crippen LogP) is 4.32. The molecule has 0 aromatic heterocycles. The van der Waals surface area contributed by atoms with E-state index in [1.165, 1.54) is 6.07 Å². The van der Waals surface area contributed by atoms with Crippen LogP contribution in [0.2, 0.25) is 0 Å². The lowest BCUT2D eigenvalue weighted by Gasteiger charge is -2.40. The molecule has 0 saturated heterocycles. The van der Waals surface area contributed by atoms with E-state index < -0.39 is 11.7 Å². The predicted molar refractivity (Wildman–Crippen MR) is 98.6 cm³/mol. The molecule has 2 unspecified atom stereocenters. The molecule has 0 amide bonds. The highest BCUT2D eigenvalue weighted by Crippen LogP contribution is 2.53. The van der Waals surface area contributed by atoms with Crippen LogP contribution in [0.5, 0.6) is 0 Å². The summed E-state index contributed by atoms with van der Waals surface area (Å²) in [6.45, 7) is 0.468. The zero-order valence-corrected chi connectivity index (χ0v) is 14.8. The number of benzene rings is 2. The van der Waals surface area contributed by atoms with Gasteiger partial charge in [0.1, 0.15) is 0 Å². The quantitative estimate of drug-likeness (QED) is 0.745. The summed E-state index contributed by atoms with van der Waals surface area (Å²) in [5.41, 5.74) is 2.05. The number of nitrogens with one attached hydrogen (secondary N) is 2. The molecule has 1 aliphatic heterocycles. The molecule has 27 heavy (non-hydrogen) atoms. The van der Waals surface area contributed by atoms with E-state index in [0.29, 0.717) is 6.54 Å². The lowest BCUT2D eigenvalue weighted by molar-refractivity contribution is -0.137. The van der Waals surface area contributed by atoms with Crippen molar-refractivity contribution >= 4 is 5.69 Å². The summed E-state index contributed by atoms with van der Waals surface area (Å²) in [7, 11) is 0. The Hall–Kier alpha value is -2.05. The van der Waals surface area contributed by atoms with Gasteiger partial charge in [-0.1, -0.05) is 30.3 Å². The summed E-state index contributed by atoms with van der Waals surface area (Å²) in [6.07, 6.45) is -2.54. The minimum absolute atomic E-state index is 0.0136. The summed E-state index contributed by atoms with van der Waals surface area (Å²) in [5.74, 6) is 0.194. The zero-order valence-electron chi connectivity index (χ0n) is 14.8. The first-order chi connectivity index (χ1) is 13.0. The second-order valence-electron chi connectivity index (χ2n) is 7.38. The average Bonchev–Trinajstić information content (AvgIpc) is 3.09. The highest BCUT2D eigenvalue weighted by molar-refractivity contribution is 5.60. The minimum atomic E-state index is -4.35. The Bertz CT molecular complexity index is 794. The molecule has 2 aromatic rings. The summed E-state index contributed by atoms with van der Waals surface area (Å²) in [6, 6.07) is 14.2. The molecule has 4 rings (SSSR count). The lowest BCUT2D eigenvalue weighted by Crippen LogP contribution is -2.39. The Morgan fingerprint density at radius 1 is 1.07 bits per heavy atom. The second kappa shape index (κ2) is 7.17. The first-order valence-electron chi connectivity index (χ1n) is 9.36. The maximum Gasteiger partial charge on any atom is 0.416 e. The van der Waals surface area contributed by atoms with Crippen LogP contribution in [-0.2, 0) is 6.18 Å². The Labute approximate surface area is 156 Å². The fourth-order valence-corrected chi connectivity index (χ4v) is 4.74. The Kier molecular flexibility index (Phi) is 4.86. The summed E-state index contributed by atoms with van der Waals surface area (Å²) in [5, 5.41) is 16.0. The Morgan fingerprint density at radius 3 is 2.56 bits per heavy atom. The maximum atomic E-state index is 13.3. The lowest BCUT2D eigenvalue weighted by atomic mass is 9.75. The molecular weight excluding hydrogens is 353 g/mol. The molecule has 0 spiro atoms. The smallest absolute Gasteiger partial charge is 0.395 e. The molecule has 144 valence electrons. The van der Waals surface area contributed by atoms with E-state index in [1.54, 1.807) is 6.07 Å². The van der Waals surface area contributed by atoms with Crippen molar-refractivity contribution in [3.05, 3.63) is 65.2 Å². The standard InChI is InChI=1S/C21H23F3N2O/c22-21(23,24)14-6-8-17-16(12-14)19-15(7-9-18(19)25-10-11-27)20(26-17)13-4-2-1-3-5-13/h1-6,8,12,15,18-20,25-27H,7,9-11H2/t15-,18?,19?,20-/m1/s1. The second-order valence-corrected chi connectivity index (χ2v) is 7.38. The number of fused-ring (bicyclic) bond motifs is 3. The van der Waals surface area contributed by atoms with Crippen LogP contribution < -0.4 is 10.6 Å². The van der Waals surface area contributed by atoms with Gasteiger partial charge in [0.15, 0.2) is 0 Å². The van der Waals surface area contributed by atoms with Gasteiger partial charge in [-0.3, -0.25) is 0 Å². The van der Waals surface area contributed by atoms with Gasteiger partial charge in [0.25, 0.3) is 0 Å². The Morgan fingerprint density at radius 2 is 1.85 bits per heavy atom. The van der Waals surface area contributed by atoms with Crippen molar-refractivity contribution in [3.8, 4) is 0 Å². The van der Waals surface area contributed by atoms with Crippen LogP contribution >= 0.6 is 0 Å². The van der Waals surface area contributed by atoms with E-state index in [-0.39, 0.29) is 30.5 Å². The van der Waals surface area contributed by atoms with E-state index in [0.717, 1.165) is 35.7 Å². The van der Waals surface area contributed by atoms with E-state index in [2.05, 4.69) is 22.8 Å². The largest absolute Gasteiger partial charge is 0.416 e. The van der Waals surface area contributed by atoms with Crippen LogP contribution in [0.15, 0.2) is 48.5 Å². The van der Waals surface area contributed by atoms with Crippen molar-refractivity contribution < 1.29 is 18.3 Å². The van der Waals surface area contributed by atoms with Crippen molar-refractivity contribution in [1.82, 2.24) is 5.32 Å². The van der Waals surface area contributed by atoms with Gasteiger partial charge in [-0.15, -0.1) is 0 Å². The summed E-state index contributed by atoms with van der Waals surface area (Å²) in [4.78, 5) is 0. The molecule has 0 radical (unpaired) electrons. The van der Waals surface area contributed by atoms with Gasteiger partial charge in [-0.05, 0) is 48.1 Å². The molecule has 4 atom stereocenters. The number of aliphatic hydroxyl groups is 1. The third-order valence-electron chi connectivity index (χ3n) is 5.86. The molecule has 1 aliphatic carbocycles. The van der Waals surface area contributed by atoms with Crippen molar-refractivity contribution in [2.75, 3.05) is 18.5 Å². The van der Waals surface area contributed by atoms with Gasteiger partial charge in [-0.25, -0.2) is 0 Å². The van der Waals surface area contributed by atoms with Gasteiger partial charge in [0, 0.05) is 24.2 Å². The SMILES string of the molecule is OCCNC1CC[C@@H]2C1c1cc(C(F)(F)F)ccc1N[C@@H]2c1ccccc1. The van der Waals surface area contributed by atoms with Crippen LogP contribution in [0.3, 0.4) is 0 Å². The number of rotatable bonds is 4. The van der Waals surface area contributed by atoms with Crippen molar-refractivity contribution in [1.29, 1.82) is 0 Å². The van der Waals surface area contributed by atoms with Gasteiger partial charge >= 0.3 is 6.18 Å². The highest BCUT2D eigenvalue weighted by Gasteiger charge is 2.46. The number of alkyl halides is 3. The third kappa shape index (κ3) is 3.44. The zero-order chi connectivity index (χ0) is 19.0. The van der Waals surface area contributed by atoms with E-state index in [9.17, 15) is 18.3 Å². The average molecular weight is 376 g/mol. The van der Waals surface area contributed by atoms with Crippen LogP contribution in [-0.4, -0.2) is 24.3 Å². The monoisotopic (exact) mass is 376 g/mol. The highest BCUT2D eigenvalue weighted by atomic mass is 19.4. The van der Waals surface area contributed by atoms with Crippen LogP contribution in [0, 0.1) is 5.92 Å². The first kappa shape index (κ1) is 18.3. The van der Waals surface area contributed by atoms with Crippen LogP contribution in [0.25, 0.3) is 0 Å². The third-order valence-corrected chi connectivity index (χ3v) is 5.86. The molecule has 3 nitrogen and oxygen atoms in total.